The molecule has 0 aliphatic heterocycles. The fourth-order valence-electron chi connectivity index (χ4n) is 3.17. The number of anilines is 2. The summed E-state index contributed by atoms with van der Waals surface area (Å²) in [6.45, 7) is 0. The van der Waals surface area contributed by atoms with E-state index in [0.29, 0.717) is 0 Å². The van der Waals surface area contributed by atoms with Gasteiger partial charge in [-0.25, -0.2) is 9.50 Å². The summed E-state index contributed by atoms with van der Waals surface area (Å²) in [6.07, 6.45) is 1.85. The van der Waals surface area contributed by atoms with Gasteiger partial charge < -0.3 is 5.32 Å². The molecule has 0 radical (unpaired) electrons. The number of benzene rings is 2. The Morgan fingerprint density at radius 1 is 0.815 bits per heavy atom. The van der Waals surface area contributed by atoms with Crippen molar-refractivity contribution in [1.82, 2.24) is 14.6 Å². The summed E-state index contributed by atoms with van der Waals surface area (Å²) >= 11 is 1.70. The predicted octanol–water partition coefficient (Wildman–Crippen LogP) is 5.87. The van der Waals surface area contributed by atoms with Gasteiger partial charge in [-0.3, -0.25) is 0 Å². The van der Waals surface area contributed by atoms with Crippen molar-refractivity contribution in [2.45, 2.75) is 0 Å². The fraction of sp³-hybridized carbons (Fsp3) is 0. The van der Waals surface area contributed by atoms with Crippen LogP contribution in [0.4, 0.5) is 11.5 Å². The van der Waals surface area contributed by atoms with Crippen LogP contribution in [0.15, 0.2) is 90.4 Å². The Kier molecular flexibility index (Phi) is 3.92. The van der Waals surface area contributed by atoms with Crippen molar-refractivity contribution in [2.24, 2.45) is 0 Å². The van der Waals surface area contributed by atoms with E-state index in [1.54, 1.807) is 11.3 Å². The van der Waals surface area contributed by atoms with Crippen molar-refractivity contribution in [3.63, 3.8) is 0 Å². The third-order valence-electron chi connectivity index (χ3n) is 4.39. The van der Waals surface area contributed by atoms with Gasteiger partial charge in [0.15, 0.2) is 11.5 Å². The first-order chi connectivity index (χ1) is 13.4. The number of aromatic nitrogens is 3. The number of para-hydroxylation sites is 1. The summed E-state index contributed by atoms with van der Waals surface area (Å²) in [5, 5.41) is 10.4. The van der Waals surface area contributed by atoms with E-state index in [9.17, 15) is 0 Å². The molecule has 2 aromatic carbocycles. The highest BCUT2D eigenvalue weighted by Gasteiger charge is 2.18. The highest BCUT2D eigenvalue weighted by Crippen LogP contribution is 2.35. The fourth-order valence-corrected chi connectivity index (χ4v) is 3.91. The van der Waals surface area contributed by atoms with E-state index in [-0.39, 0.29) is 0 Å². The van der Waals surface area contributed by atoms with Gasteiger partial charge in [-0.05, 0) is 35.2 Å². The Morgan fingerprint density at radius 3 is 2.33 bits per heavy atom. The molecule has 3 aromatic heterocycles. The lowest BCUT2D eigenvalue weighted by molar-refractivity contribution is 0.954. The maximum atomic E-state index is 4.89. The Hall–Kier alpha value is -3.44. The molecule has 0 saturated heterocycles. The Balaban J connectivity index is 1.76. The Labute approximate surface area is 160 Å². The van der Waals surface area contributed by atoms with Crippen LogP contribution in [0.25, 0.3) is 27.3 Å². The molecule has 130 valence electrons. The number of fused-ring (bicyclic) bond motifs is 1. The van der Waals surface area contributed by atoms with Crippen molar-refractivity contribution < 1.29 is 0 Å². The monoisotopic (exact) mass is 368 g/mol. The molecule has 0 atom stereocenters. The first-order valence-corrected chi connectivity index (χ1v) is 9.57. The summed E-state index contributed by atoms with van der Waals surface area (Å²) in [7, 11) is 0. The molecule has 27 heavy (non-hydrogen) atoms. The number of hydrogen-bond acceptors (Lipinski definition) is 4. The molecule has 0 aliphatic carbocycles. The lowest BCUT2D eigenvalue weighted by atomic mass is 10.1. The lowest BCUT2D eigenvalue weighted by Gasteiger charge is -2.06. The molecule has 1 N–H and O–H groups in total. The summed E-state index contributed by atoms with van der Waals surface area (Å²) in [4.78, 5) is 5.82. The van der Waals surface area contributed by atoms with Gasteiger partial charge >= 0.3 is 0 Å². The number of thiophene rings is 1. The van der Waals surface area contributed by atoms with E-state index in [1.807, 2.05) is 65.3 Å². The highest BCUT2D eigenvalue weighted by atomic mass is 32.1. The molecule has 0 amide bonds. The molecule has 3 heterocycles. The van der Waals surface area contributed by atoms with E-state index in [1.165, 1.54) is 0 Å². The molecule has 0 bridgehead atoms. The minimum atomic E-state index is 0.795. The van der Waals surface area contributed by atoms with Crippen LogP contribution in [0.5, 0.6) is 0 Å². The van der Waals surface area contributed by atoms with Crippen LogP contribution in [-0.4, -0.2) is 14.6 Å². The van der Waals surface area contributed by atoms with Crippen molar-refractivity contribution in [3.05, 3.63) is 90.4 Å². The first-order valence-electron chi connectivity index (χ1n) is 8.69. The van der Waals surface area contributed by atoms with Crippen LogP contribution in [-0.2, 0) is 0 Å². The molecular weight excluding hydrogens is 352 g/mol. The molecule has 0 unspecified atom stereocenters. The maximum absolute atomic E-state index is 4.89. The SMILES string of the molecule is c1ccc(Nc2nn3c(-c4cccs4)ccnc3c2-c2ccccc2)cc1. The third kappa shape index (κ3) is 2.88. The van der Waals surface area contributed by atoms with Crippen molar-refractivity contribution in [2.75, 3.05) is 5.32 Å². The summed E-state index contributed by atoms with van der Waals surface area (Å²) < 4.78 is 1.93. The van der Waals surface area contributed by atoms with Gasteiger partial charge in [-0.1, -0.05) is 54.6 Å². The molecule has 5 rings (SSSR count). The normalized spacial score (nSPS) is 11.0. The number of nitrogens with zero attached hydrogens (tertiary/aromatic N) is 3. The van der Waals surface area contributed by atoms with Crippen LogP contribution in [0.2, 0.25) is 0 Å². The molecule has 0 aliphatic rings. The zero-order chi connectivity index (χ0) is 18.1. The van der Waals surface area contributed by atoms with Gasteiger partial charge in [0, 0.05) is 11.9 Å². The van der Waals surface area contributed by atoms with E-state index < -0.39 is 0 Å². The second-order valence-electron chi connectivity index (χ2n) is 6.12. The van der Waals surface area contributed by atoms with Crippen molar-refractivity contribution in [1.29, 1.82) is 0 Å². The predicted molar refractivity (Wildman–Crippen MR) is 111 cm³/mol. The van der Waals surface area contributed by atoms with E-state index in [2.05, 4.69) is 39.9 Å². The molecule has 5 aromatic rings. The van der Waals surface area contributed by atoms with Crippen molar-refractivity contribution in [3.8, 4) is 21.7 Å². The highest BCUT2D eigenvalue weighted by molar-refractivity contribution is 7.13. The minimum absolute atomic E-state index is 0.795. The first kappa shape index (κ1) is 15.8. The van der Waals surface area contributed by atoms with Crippen LogP contribution >= 0.6 is 11.3 Å². The second-order valence-corrected chi connectivity index (χ2v) is 7.07. The topological polar surface area (TPSA) is 42.2 Å². The molecule has 0 spiro atoms. The smallest absolute Gasteiger partial charge is 0.165 e. The summed E-state index contributed by atoms with van der Waals surface area (Å²) in [5.74, 6) is 0.795. The van der Waals surface area contributed by atoms with Crippen molar-refractivity contribution >= 4 is 28.5 Å². The quantitative estimate of drug-likeness (QED) is 0.431. The third-order valence-corrected chi connectivity index (χ3v) is 5.28. The number of rotatable bonds is 4. The van der Waals surface area contributed by atoms with Gasteiger partial charge in [0.05, 0.1) is 16.1 Å². The van der Waals surface area contributed by atoms with E-state index in [4.69, 9.17) is 5.10 Å². The zero-order valence-corrected chi connectivity index (χ0v) is 15.2. The van der Waals surface area contributed by atoms with Gasteiger partial charge in [0.1, 0.15) is 0 Å². The average Bonchev–Trinajstić information content (AvgIpc) is 3.37. The average molecular weight is 368 g/mol. The maximum Gasteiger partial charge on any atom is 0.165 e. The number of hydrogen-bond donors (Lipinski definition) is 1. The molecule has 4 nitrogen and oxygen atoms in total. The molecule has 0 fully saturated rings. The second kappa shape index (κ2) is 6.70. The summed E-state index contributed by atoms with van der Waals surface area (Å²) in [6, 6.07) is 26.5. The Morgan fingerprint density at radius 2 is 1.59 bits per heavy atom. The van der Waals surface area contributed by atoms with Gasteiger partial charge in [-0.15, -0.1) is 16.4 Å². The lowest BCUT2D eigenvalue weighted by Crippen LogP contribution is -1.95. The summed E-state index contributed by atoms with van der Waals surface area (Å²) in [5.41, 5.74) is 4.95. The van der Waals surface area contributed by atoms with Crippen LogP contribution < -0.4 is 5.32 Å². The zero-order valence-electron chi connectivity index (χ0n) is 14.4. The number of nitrogens with one attached hydrogen (secondary N) is 1. The molecule has 0 saturated carbocycles. The standard InChI is InChI=1S/C22H16N4S/c1-3-8-16(9-4-1)20-21(24-17-10-5-2-6-11-17)25-26-18(13-14-23-22(20)26)19-12-7-15-27-19/h1-15H,(H,24,25). The molecule has 5 heteroatoms. The Bertz CT molecular complexity index is 1180. The van der Waals surface area contributed by atoms with Crippen LogP contribution in [0, 0.1) is 0 Å². The van der Waals surface area contributed by atoms with Gasteiger partial charge in [0.25, 0.3) is 0 Å². The van der Waals surface area contributed by atoms with Crippen LogP contribution in [0.3, 0.4) is 0 Å². The van der Waals surface area contributed by atoms with E-state index >= 15 is 0 Å². The van der Waals surface area contributed by atoms with Gasteiger partial charge in [-0.2, -0.15) is 0 Å². The largest absolute Gasteiger partial charge is 0.338 e. The van der Waals surface area contributed by atoms with Gasteiger partial charge in [0.2, 0.25) is 0 Å². The minimum Gasteiger partial charge on any atom is -0.338 e. The molecular formula is C22H16N4S. The van der Waals surface area contributed by atoms with Crippen LogP contribution in [0.1, 0.15) is 0 Å². The van der Waals surface area contributed by atoms with E-state index in [0.717, 1.165) is 38.9 Å².